The molecule has 12 heavy (non-hydrogen) atoms. The number of carbonyl (C=O) groups is 2. The van der Waals surface area contributed by atoms with Gasteiger partial charge in [-0.1, -0.05) is 13.8 Å². The third-order valence-electron chi connectivity index (χ3n) is 0.897. The maximum atomic E-state index is 11.0. The Labute approximate surface area is 77.6 Å². The lowest BCUT2D eigenvalue weighted by Crippen LogP contribution is -2.40. The van der Waals surface area contributed by atoms with E-state index in [1.165, 1.54) is 13.8 Å². The second kappa shape index (κ2) is 4.74. The molecule has 0 aromatic heterocycles. The molecule has 0 aliphatic rings. The third-order valence-corrected chi connectivity index (χ3v) is 0.897. The number of carboxylic acids is 1. The molecule has 0 saturated carbocycles. The maximum absolute atomic E-state index is 11.0. The first-order chi connectivity index (χ1) is 6.99. The number of amides is 1. The van der Waals surface area contributed by atoms with Gasteiger partial charge < -0.3 is 10.4 Å². The summed E-state index contributed by atoms with van der Waals surface area (Å²) in [5.41, 5.74) is 0. The highest BCUT2D eigenvalue weighted by molar-refractivity contribution is 5.81. The van der Waals surface area contributed by atoms with Crippen molar-refractivity contribution in [3.8, 4) is 0 Å². The van der Waals surface area contributed by atoms with Crippen LogP contribution < -0.4 is 5.31 Å². The first kappa shape index (κ1) is 5.56. The van der Waals surface area contributed by atoms with Crippen LogP contribution >= 0.6 is 0 Å². The van der Waals surface area contributed by atoms with Gasteiger partial charge in [0.25, 0.3) is 0 Å². The number of aliphatic carboxylic acids is 1. The fourth-order valence-corrected chi connectivity index (χ4v) is 0.573. The summed E-state index contributed by atoms with van der Waals surface area (Å²) in [5, 5.41) is 8.75. The molecule has 0 saturated heterocycles. The van der Waals surface area contributed by atoms with Crippen molar-refractivity contribution in [2.24, 2.45) is 5.92 Å². The van der Waals surface area contributed by atoms with E-state index in [9.17, 15) is 9.59 Å². The summed E-state index contributed by atoms with van der Waals surface area (Å²) in [6.07, 6.45) is -2.54. The summed E-state index contributed by atoms with van der Waals surface area (Å²) >= 11 is 0. The number of nitrogens with one attached hydrogen (secondary N) is 1. The first-order valence-corrected chi connectivity index (χ1v) is 3.52. The first-order valence-electron chi connectivity index (χ1n) is 5.47. The third kappa shape index (κ3) is 4.71. The number of rotatable bonds is 4. The van der Waals surface area contributed by atoms with Crippen LogP contribution in [-0.2, 0) is 9.59 Å². The number of carboxylic acid groups (broad SMARTS) is 1. The SMILES string of the molecule is [2H]N(C(C)=O)[C@]([2H])(C(=O)O)C([2H])([2H])C(C)C. The molecule has 0 unspecified atom stereocenters. The summed E-state index contributed by atoms with van der Waals surface area (Å²) in [4.78, 5) is 21.9. The molecule has 0 fully saturated rings. The lowest BCUT2D eigenvalue weighted by atomic mass is 10.0. The molecule has 1 amide bonds. The highest BCUT2D eigenvalue weighted by Crippen LogP contribution is 2.04. The summed E-state index contributed by atoms with van der Waals surface area (Å²) in [7, 11) is 0. The van der Waals surface area contributed by atoms with Gasteiger partial charge in [-0.3, -0.25) is 4.79 Å². The molecule has 0 rings (SSSR count). The molecular weight excluding hydrogens is 158 g/mol. The zero-order valence-electron chi connectivity index (χ0n) is 11.3. The summed E-state index contributed by atoms with van der Waals surface area (Å²) in [6, 6.07) is -2.95. The van der Waals surface area contributed by atoms with Crippen molar-refractivity contribution in [1.82, 2.24) is 5.31 Å². The van der Waals surface area contributed by atoms with E-state index < -0.39 is 30.2 Å². The zero-order chi connectivity index (χ0) is 13.3. The van der Waals surface area contributed by atoms with Crippen molar-refractivity contribution in [2.45, 2.75) is 33.2 Å². The standard InChI is InChI=1S/C8H15NO3/c1-5(2)4-7(8(11)12)9-6(3)10/h5,7H,4H2,1-3H3,(H,9,10)(H,11,12)/t7-/m0/s1/i4D2,7D/hD. The molecular formula is C8H15NO3. The predicted molar refractivity (Wildman–Crippen MR) is 44.7 cm³/mol. The van der Waals surface area contributed by atoms with Crippen LogP contribution in [0.4, 0.5) is 0 Å². The molecule has 0 bridgehead atoms. The molecule has 2 N–H and O–H groups in total. The fourth-order valence-electron chi connectivity index (χ4n) is 0.573. The molecule has 0 aromatic rings. The summed E-state index contributed by atoms with van der Waals surface area (Å²) < 4.78 is 30.0. The van der Waals surface area contributed by atoms with Crippen LogP contribution in [0.15, 0.2) is 0 Å². The Morgan fingerprint density at radius 3 is 2.50 bits per heavy atom. The van der Waals surface area contributed by atoms with E-state index in [-0.39, 0.29) is 5.31 Å². The van der Waals surface area contributed by atoms with Crippen molar-refractivity contribution in [3.63, 3.8) is 0 Å². The summed E-state index contributed by atoms with van der Waals surface area (Å²) in [5.74, 6) is -3.69. The van der Waals surface area contributed by atoms with Gasteiger partial charge in [0.2, 0.25) is 5.91 Å². The molecule has 0 aliphatic carbocycles. The van der Waals surface area contributed by atoms with Gasteiger partial charge in [-0.15, -0.1) is 0 Å². The second-order valence-electron chi connectivity index (χ2n) is 2.58. The lowest BCUT2D eigenvalue weighted by molar-refractivity contribution is -0.142. The zero-order valence-corrected chi connectivity index (χ0v) is 7.29. The Morgan fingerprint density at radius 2 is 2.25 bits per heavy atom. The Hall–Kier alpha value is -1.06. The van der Waals surface area contributed by atoms with Crippen LogP contribution in [0, 0.1) is 5.92 Å². The highest BCUT2D eigenvalue weighted by Gasteiger charge is 2.18. The quantitative estimate of drug-likeness (QED) is 0.661. The topological polar surface area (TPSA) is 66.4 Å². The smallest absolute Gasteiger partial charge is 0.326 e. The van der Waals surface area contributed by atoms with E-state index >= 15 is 0 Å². The average Bonchev–Trinajstić information content (AvgIpc) is 2.14. The summed E-state index contributed by atoms with van der Waals surface area (Å²) in [6.45, 7) is 3.69. The van der Waals surface area contributed by atoms with Gasteiger partial charge in [0, 0.05) is 9.67 Å². The maximum Gasteiger partial charge on any atom is 0.326 e. The molecule has 0 spiro atoms. The Kier molecular flexibility index (Phi) is 2.20. The van der Waals surface area contributed by atoms with Crippen LogP contribution in [0.1, 0.15) is 31.3 Å². The monoisotopic (exact) mass is 177 g/mol. The molecule has 4 heteroatoms. The van der Waals surface area contributed by atoms with Crippen molar-refractivity contribution in [2.75, 3.05) is 0 Å². The molecule has 0 aromatic carbocycles. The van der Waals surface area contributed by atoms with Crippen LogP contribution in [0.5, 0.6) is 0 Å². The second-order valence-corrected chi connectivity index (χ2v) is 2.58. The Balaban J connectivity index is 5.62. The van der Waals surface area contributed by atoms with Crippen LogP contribution in [0.2, 0.25) is 1.41 Å². The normalized spacial score (nSPS) is 21.3. The van der Waals surface area contributed by atoms with Crippen LogP contribution in [-0.4, -0.2) is 23.0 Å². The van der Waals surface area contributed by atoms with E-state index in [2.05, 4.69) is 0 Å². The van der Waals surface area contributed by atoms with E-state index in [1.54, 1.807) is 0 Å². The van der Waals surface area contributed by atoms with E-state index in [4.69, 9.17) is 10.6 Å². The minimum absolute atomic E-state index is 0.144. The molecule has 70 valence electrons. The average molecular weight is 177 g/mol. The Bertz CT molecular complexity index is 308. The number of carbonyl (C=O) groups excluding carboxylic acids is 1. The number of hydrogen-bond donors (Lipinski definition) is 2. The van der Waals surface area contributed by atoms with Gasteiger partial charge in [0.05, 0.1) is 1.37 Å². The minimum atomic E-state index is -2.95. The minimum Gasteiger partial charge on any atom is -0.480 e. The molecule has 1 atom stereocenters. The van der Waals surface area contributed by atoms with Crippen molar-refractivity contribution < 1.29 is 20.2 Å². The van der Waals surface area contributed by atoms with Gasteiger partial charge in [0.1, 0.15) is 6.02 Å². The fraction of sp³-hybridized carbons (Fsp3) is 0.750. The largest absolute Gasteiger partial charge is 0.480 e. The van der Waals surface area contributed by atoms with Crippen molar-refractivity contribution >= 4 is 11.9 Å². The van der Waals surface area contributed by atoms with Crippen LogP contribution in [0.25, 0.3) is 0 Å². The molecule has 4 nitrogen and oxygen atoms in total. The van der Waals surface area contributed by atoms with Crippen LogP contribution in [0.3, 0.4) is 0 Å². The van der Waals surface area contributed by atoms with Gasteiger partial charge in [-0.25, -0.2) is 4.79 Å². The number of hydrogen-bond acceptors (Lipinski definition) is 2. The predicted octanol–water partition coefficient (Wildman–Crippen LogP) is 0.622. The molecule has 0 radical (unpaired) electrons. The molecule has 0 heterocycles. The van der Waals surface area contributed by atoms with E-state index in [0.717, 1.165) is 6.92 Å². The molecule has 0 aliphatic heterocycles. The van der Waals surface area contributed by atoms with E-state index in [0.29, 0.717) is 0 Å². The van der Waals surface area contributed by atoms with Gasteiger partial charge in [-0.05, 0) is 12.3 Å². The van der Waals surface area contributed by atoms with Crippen molar-refractivity contribution in [3.05, 3.63) is 0 Å². The Morgan fingerprint density at radius 1 is 1.75 bits per heavy atom. The van der Waals surface area contributed by atoms with E-state index in [1.807, 2.05) is 0 Å². The van der Waals surface area contributed by atoms with Gasteiger partial charge >= 0.3 is 5.97 Å². The van der Waals surface area contributed by atoms with Gasteiger partial charge in [0.15, 0.2) is 1.41 Å². The lowest BCUT2D eigenvalue weighted by Gasteiger charge is -2.14. The van der Waals surface area contributed by atoms with Crippen molar-refractivity contribution in [1.29, 1.82) is 0 Å². The van der Waals surface area contributed by atoms with Gasteiger partial charge in [-0.2, -0.15) is 0 Å². The highest BCUT2D eigenvalue weighted by atomic mass is 16.4.